The van der Waals surface area contributed by atoms with Crippen LogP contribution in [0.2, 0.25) is 0 Å². The van der Waals surface area contributed by atoms with Gasteiger partial charge in [-0.2, -0.15) is 5.06 Å². The molecule has 3 aromatic rings. The molecule has 0 bridgehead atoms. The Balaban J connectivity index is 0.000000278. The number of carbonyl (C=O) groups excluding carboxylic acids is 3. The van der Waals surface area contributed by atoms with Crippen molar-refractivity contribution in [1.82, 2.24) is 19.8 Å². The number of fused-ring (bicyclic) bond motifs is 4. The quantitative estimate of drug-likeness (QED) is 0.315. The number of halogens is 1. The van der Waals surface area contributed by atoms with E-state index in [9.17, 15) is 18.8 Å². The molecule has 0 N–H and O–H groups in total. The Bertz CT molecular complexity index is 1410. The van der Waals surface area contributed by atoms with E-state index in [1.54, 1.807) is 25.3 Å². The summed E-state index contributed by atoms with van der Waals surface area (Å²) < 4.78 is 24.8. The Kier molecular flexibility index (Phi) is 8.05. The molecule has 1 unspecified atom stereocenters. The Labute approximate surface area is 237 Å². The van der Waals surface area contributed by atoms with Crippen LogP contribution in [0.3, 0.4) is 0 Å². The summed E-state index contributed by atoms with van der Waals surface area (Å²) in [6, 6.07) is 6.71. The minimum atomic E-state index is -2.29. The van der Waals surface area contributed by atoms with Crippen molar-refractivity contribution in [2.75, 3.05) is 13.2 Å². The van der Waals surface area contributed by atoms with E-state index < -0.39 is 40.7 Å². The zero-order chi connectivity index (χ0) is 29.4. The molecule has 190 valence electrons. The Morgan fingerprint density at radius 3 is 2.52 bits per heavy atom. The van der Waals surface area contributed by atoms with Crippen LogP contribution in [0, 0.1) is 5.82 Å². The van der Waals surface area contributed by atoms with E-state index in [0.29, 0.717) is 29.0 Å². The highest BCUT2D eigenvalue weighted by Gasteiger charge is 2.38. The minimum Gasteiger partial charge on any atom is -0.487 e. The lowest BCUT2D eigenvalue weighted by Gasteiger charge is -2.49. The van der Waals surface area contributed by atoms with Crippen LogP contribution < -0.4 is 9.57 Å². The number of hydrogen-bond donors (Lipinski definition) is 0. The number of pyridine rings is 1. The second-order valence-electron chi connectivity index (χ2n) is 9.22. The first-order valence-corrected chi connectivity index (χ1v) is 11.8. The zero-order valence-electron chi connectivity index (χ0n) is 21.3. The molecule has 0 aliphatic carbocycles. The molecule has 5 rings (SSSR count). The van der Waals surface area contributed by atoms with Gasteiger partial charge in [-0.25, -0.2) is 4.39 Å². The summed E-state index contributed by atoms with van der Waals surface area (Å²) in [6.45, 7) is 1.50. The third-order valence-electron chi connectivity index (χ3n) is 5.88. The van der Waals surface area contributed by atoms with Gasteiger partial charge in [-0.15, -0.1) is 0 Å². The first-order chi connectivity index (χ1) is 18.7. The number of ether oxygens (including phenoxy) is 1. The van der Waals surface area contributed by atoms with Crippen LogP contribution in [0.4, 0.5) is 4.39 Å². The van der Waals surface area contributed by atoms with E-state index in [-0.39, 0.29) is 23.7 Å². The molecule has 1 aromatic carbocycles. The molecule has 4 heterocycles. The smallest absolute Gasteiger partial charge is 0.294 e. The van der Waals surface area contributed by atoms with Crippen LogP contribution in [0.1, 0.15) is 23.2 Å². The average molecular weight is 529 g/mol. The maximum Gasteiger partial charge on any atom is 0.294 e. The van der Waals surface area contributed by atoms with Crippen LogP contribution in [-0.2, 0) is 16.1 Å². The predicted octanol–water partition coefficient (Wildman–Crippen LogP) is -0.795. The van der Waals surface area contributed by atoms with Crippen molar-refractivity contribution in [1.29, 1.82) is 0 Å². The number of aromatic nitrogens is 1. The molecule has 10 nitrogen and oxygen atoms in total. The minimum absolute atomic E-state index is 0.00476. The topological polar surface area (TPSA) is 105 Å². The normalized spacial score (nSPS) is 16.6. The fourth-order valence-electron chi connectivity index (χ4n) is 4.16. The van der Waals surface area contributed by atoms with Crippen LogP contribution in [-0.4, -0.2) is 115 Å². The van der Waals surface area contributed by atoms with Gasteiger partial charge in [0.15, 0.2) is 11.5 Å². The first kappa shape index (κ1) is 29.2. The van der Waals surface area contributed by atoms with Gasteiger partial charge in [-0.3, -0.25) is 19.4 Å². The Morgan fingerprint density at radius 2 is 1.90 bits per heavy atom. The molecule has 0 fully saturated rings. The molecule has 40 heavy (non-hydrogen) atoms. The Morgan fingerprint density at radius 1 is 1.20 bits per heavy atom. The highest BCUT2D eigenvalue weighted by atomic mass is 19.1. The first-order valence-electron chi connectivity index (χ1n) is 11.8. The van der Waals surface area contributed by atoms with Gasteiger partial charge in [0, 0.05) is 6.20 Å². The highest BCUT2D eigenvalue weighted by Crippen LogP contribution is 2.36. The largest absolute Gasteiger partial charge is 0.487 e. The van der Waals surface area contributed by atoms with Gasteiger partial charge in [0.1, 0.15) is 36.8 Å². The lowest BCUT2D eigenvalue weighted by molar-refractivity contribution is -0.139. The van der Waals surface area contributed by atoms with Crippen LogP contribution in [0.25, 0.3) is 11.0 Å². The van der Waals surface area contributed by atoms with Gasteiger partial charge in [0.05, 0.1) is 58.5 Å². The summed E-state index contributed by atoms with van der Waals surface area (Å²) in [6.07, 6.45) is 2.32. The summed E-state index contributed by atoms with van der Waals surface area (Å²) in [7, 11) is 33.3. The molecular formula is C23H17B6FN4O6. The summed E-state index contributed by atoms with van der Waals surface area (Å²) >= 11 is 0. The van der Waals surface area contributed by atoms with E-state index in [1.807, 2.05) is 0 Å². The summed E-state index contributed by atoms with van der Waals surface area (Å²) in [5.74, 6) is -1.54. The maximum absolute atomic E-state index is 13.6. The van der Waals surface area contributed by atoms with Gasteiger partial charge in [-0.1, -0.05) is 10.5 Å². The molecule has 1 atom stereocenters. The number of nitrogens with zero attached hydrogens (tertiary/aromatic N) is 4. The molecule has 2 aliphatic rings. The van der Waals surface area contributed by atoms with Crippen LogP contribution >= 0.6 is 0 Å². The van der Waals surface area contributed by atoms with Crippen molar-refractivity contribution in [3.05, 3.63) is 53.8 Å². The third-order valence-corrected chi connectivity index (χ3v) is 5.88. The molecule has 0 saturated heterocycles. The lowest BCUT2D eigenvalue weighted by Crippen LogP contribution is -2.67. The van der Waals surface area contributed by atoms with Gasteiger partial charge in [0.2, 0.25) is 18.1 Å². The van der Waals surface area contributed by atoms with E-state index in [4.69, 9.17) is 61.1 Å². The van der Waals surface area contributed by atoms with Gasteiger partial charge < -0.3 is 23.8 Å². The second-order valence-corrected chi connectivity index (χ2v) is 9.22. The summed E-state index contributed by atoms with van der Waals surface area (Å²) in [5.41, 5.74) is 1.06. The highest BCUT2D eigenvalue weighted by molar-refractivity contribution is 6.64. The van der Waals surface area contributed by atoms with Crippen LogP contribution in [0.5, 0.6) is 11.5 Å². The van der Waals surface area contributed by atoms with Crippen molar-refractivity contribution >= 4 is 76.3 Å². The number of hydroxylamine groups is 2. The SMILES string of the molecule is O=CN1Cc2ncccc2O1.[B]C([B])([B])N(C(=O)CN1C(=O)c2oc3ccc(F)cc3c2OCC1C)C([B])([B])[B]. The van der Waals surface area contributed by atoms with Crippen molar-refractivity contribution in [2.45, 2.75) is 30.0 Å². The van der Waals surface area contributed by atoms with E-state index >= 15 is 0 Å². The molecule has 0 saturated carbocycles. The van der Waals surface area contributed by atoms with E-state index in [2.05, 4.69) is 4.98 Å². The number of amides is 3. The number of hydrogen-bond acceptors (Lipinski definition) is 7. The number of furan rings is 1. The lowest BCUT2D eigenvalue weighted by atomic mass is 9.40. The molecular weight excluding hydrogens is 512 g/mol. The molecule has 0 spiro atoms. The molecule has 3 amide bonds. The fourth-order valence-corrected chi connectivity index (χ4v) is 4.16. The average Bonchev–Trinajstić information content (AvgIpc) is 3.42. The summed E-state index contributed by atoms with van der Waals surface area (Å²) in [4.78, 5) is 46.8. The molecule has 12 radical (unpaired) electrons. The standard InChI is InChI=1S/C16H11B6FN2O4.C7H6N2O2/c1-7-6-28-12-9-4-8(23)2-3-10(9)29-13(12)14(27)24(7)5-11(26)25(15(17,18)19)16(20,21)22;10-5-9-4-6-7(11-9)2-1-3-8-6/h2-4,7H,5-6H2,1H3;1-3,5H,4H2. The van der Waals surface area contributed by atoms with Gasteiger partial charge in [-0.05, 0) is 37.3 Å². The third kappa shape index (κ3) is 6.02. The number of carbonyl (C=O) groups is 3. The predicted molar refractivity (Wildman–Crippen MR) is 145 cm³/mol. The maximum atomic E-state index is 13.6. The zero-order valence-corrected chi connectivity index (χ0v) is 21.3. The monoisotopic (exact) mass is 530 g/mol. The molecule has 17 heteroatoms. The van der Waals surface area contributed by atoms with Crippen molar-refractivity contribution in [3.63, 3.8) is 0 Å². The second kappa shape index (κ2) is 11.0. The Hall–Kier alpha value is -3.76. The van der Waals surface area contributed by atoms with E-state index in [1.165, 1.54) is 23.3 Å². The summed E-state index contributed by atoms with van der Waals surface area (Å²) in [5, 5.41) is -3.07. The van der Waals surface area contributed by atoms with Crippen LogP contribution in [0.15, 0.2) is 40.9 Å². The van der Waals surface area contributed by atoms with E-state index in [0.717, 1.165) is 10.6 Å². The molecule has 2 aliphatic heterocycles. The fraction of sp³-hybridized carbons (Fsp3) is 0.304. The van der Waals surface area contributed by atoms with Crippen molar-refractivity contribution in [2.24, 2.45) is 0 Å². The van der Waals surface area contributed by atoms with Crippen molar-refractivity contribution in [3.8, 4) is 11.5 Å². The van der Waals surface area contributed by atoms with Crippen molar-refractivity contribution < 1.29 is 32.8 Å². The van der Waals surface area contributed by atoms with Gasteiger partial charge in [0.25, 0.3) is 5.91 Å². The number of rotatable bonds is 5. The number of benzene rings is 1. The van der Waals surface area contributed by atoms with Gasteiger partial charge >= 0.3 is 0 Å². The molecule has 2 aromatic heterocycles.